The standard InChI is InChI=1S/C14H18N4OS/c1-3-12-8-16-13(20-12)9-17-14(19)18(2)10-11-4-6-15-7-5-11/h4-8H,3,9-10H2,1-2H3,(H,17,19). The quantitative estimate of drug-likeness (QED) is 0.920. The zero-order valence-corrected chi connectivity index (χ0v) is 12.5. The number of amides is 2. The molecule has 0 aliphatic carbocycles. The first-order valence-corrected chi connectivity index (χ1v) is 7.32. The van der Waals surface area contributed by atoms with Crippen LogP contribution in [-0.4, -0.2) is 27.9 Å². The van der Waals surface area contributed by atoms with Crippen molar-refractivity contribution in [2.24, 2.45) is 0 Å². The summed E-state index contributed by atoms with van der Waals surface area (Å²) in [5, 5.41) is 3.81. The van der Waals surface area contributed by atoms with Crippen molar-refractivity contribution in [3.05, 3.63) is 46.2 Å². The third kappa shape index (κ3) is 4.03. The second kappa shape index (κ2) is 7.00. The molecule has 2 rings (SSSR count). The maximum atomic E-state index is 12.0. The summed E-state index contributed by atoms with van der Waals surface area (Å²) in [6.07, 6.45) is 6.30. The Morgan fingerprint density at radius 2 is 2.15 bits per heavy atom. The highest BCUT2D eigenvalue weighted by Crippen LogP contribution is 2.13. The molecule has 106 valence electrons. The Bertz CT molecular complexity index is 555. The molecule has 0 spiro atoms. The number of aromatic nitrogens is 2. The van der Waals surface area contributed by atoms with E-state index >= 15 is 0 Å². The Morgan fingerprint density at radius 1 is 1.40 bits per heavy atom. The van der Waals surface area contributed by atoms with Crippen molar-refractivity contribution in [1.29, 1.82) is 0 Å². The number of carbonyl (C=O) groups excluding carboxylic acids is 1. The number of hydrogen-bond acceptors (Lipinski definition) is 4. The number of nitrogens with zero attached hydrogens (tertiary/aromatic N) is 3. The topological polar surface area (TPSA) is 58.1 Å². The minimum Gasteiger partial charge on any atom is -0.331 e. The predicted octanol–water partition coefficient (Wildman–Crippen LogP) is 2.44. The smallest absolute Gasteiger partial charge is 0.317 e. The molecule has 1 N–H and O–H groups in total. The van der Waals surface area contributed by atoms with E-state index in [-0.39, 0.29) is 6.03 Å². The van der Waals surface area contributed by atoms with Crippen LogP contribution >= 0.6 is 11.3 Å². The zero-order valence-electron chi connectivity index (χ0n) is 11.7. The van der Waals surface area contributed by atoms with Gasteiger partial charge in [-0.25, -0.2) is 9.78 Å². The average Bonchev–Trinajstić information content (AvgIpc) is 2.93. The van der Waals surface area contributed by atoms with Gasteiger partial charge in [-0.3, -0.25) is 4.98 Å². The molecule has 0 fully saturated rings. The highest BCUT2D eigenvalue weighted by Gasteiger charge is 2.09. The molecular formula is C14H18N4OS. The summed E-state index contributed by atoms with van der Waals surface area (Å²) in [4.78, 5) is 23.1. The lowest BCUT2D eigenvalue weighted by Crippen LogP contribution is -2.36. The molecule has 0 aromatic carbocycles. The molecule has 0 atom stereocenters. The van der Waals surface area contributed by atoms with Crippen LogP contribution in [0.1, 0.15) is 22.4 Å². The van der Waals surface area contributed by atoms with Gasteiger partial charge in [-0.2, -0.15) is 0 Å². The fraction of sp³-hybridized carbons (Fsp3) is 0.357. The number of carbonyl (C=O) groups is 1. The first-order chi connectivity index (χ1) is 9.69. The summed E-state index contributed by atoms with van der Waals surface area (Å²) < 4.78 is 0. The fourth-order valence-electron chi connectivity index (χ4n) is 1.71. The first-order valence-electron chi connectivity index (χ1n) is 6.50. The monoisotopic (exact) mass is 290 g/mol. The van der Waals surface area contributed by atoms with E-state index in [1.165, 1.54) is 4.88 Å². The van der Waals surface area contributed by atoms with E-state index in [9.17, 15) is 4.79 Å². The van der Waals surface area contributed by atoms with Crippen LogP contribution in [0.25, 0.3) is 0 Å². The number of rotatable bonds is 5. The lowest BCUT2D eigenvalue weighted by atomic mass is 10.2. The molecule has 0 saturated carbocycles. The van der Waals surface area contributed by atoms with E-state index < -0.39 is 0 Å². The highest BCUT2D eigenvalue weighted by atomic mass is 32.1. The van der Waals surface area contributed by atoms with Gasteiger partial charge in [0, 0.05) is 37.1 Å². The third-order valence-corrected chi connectivity index (χ3v) is 4.00. The summed E-state index contributed by atoms with van der Waals surface area (Å²) >= 11 is 1.64. The maximum absolute atomic E-state index is 12.0. The molecule has 5 nitrogen and oxygen atoms in total. The normalized spacial score (nSPS) is 10.3. The number of nitrogens with one attached hydrogen (secondary N) is 1. The van der Waals surface area contributed by atoms with Gasteiger partial charge in [-0.1, -0.05) is 6.92 Å². The van der Waals surface area contributed by atoms with Crippen LogP contribution < -0.4 is 5.32 Å². The van der Waals surface area contributed by atoms with Crippen LogP contribution in [0.4, 0.5) is 4.79 Å². The molecule has 6 heteroatoms. The van der Waals surface area contributed by atoms with Gasteiger partial charge in [0.2, 0.25) is 0 Å². The minimum absolute atomic E-state index is 0.102. The lowest BCUT2D eigenvalue weighted by Gasteiger charge is -2.17. The molecule has 0 unspecified atom stereocenters. The van der Waals surface area contributed by atoms with Gasteiger partial charge in [-0.05, 0) is 24.1 Å². The summed E-state index contributed by atoms with van der Waals surface area (Å²) in [7, 11) is 1.77. The fourth-order valence-corrected chi connectivity index (χ4v) is 2.52. The van der Waals surface area contributed by atoms with Gasteiger partial charge in [0.15, 0.2) is 0 Å². The predicted molar refractivity (Wildman–Crippen MR) is 79.4 cm³/mol. The van der Waals surface area contributed by atoms with E-state index in [0.717, 1.165) is 17.0 Å². The Labute approximate surface area is 122 Å². The minimum atomic E-state index is -0.102. The maximum Gasteiger partial charge on any atom is 0.317 e. The molecule has 2 aromatic heterocycles. The van der Waals surface area contributed by atoms with Crippen molar-refractivity contribution in [2.75, 3.05) is 7.05 Å². The molecule has 2 heterocycles. The molecular weight excluding hydrogens is 272 g/mol. The van der Waals surface area contributed by atoms with Gasteiger partial charge in [0.1, 0.15) is 5.01 Å². The Morgan fingerprint density at radius 3 is 2.80 bits per heavy atom. The first kappa shape index (κ1) is 14.5. The van der Waals surface area contributed by atoms with Crippen LogP contribution in [0.15, 0.2) is 30.7 Å². The third-order valence-electron chi connectivity index (χ3n) is 2.86. The van der Waals surface area contributed by atoms with Crippen molar-refractivity contribution in [2.45, 2.75) is 26.4 Å². The molecule has 0 aliphatic rings. The van der Waals surface area contributed by atoms with E-state index in [4.69, 9.17) is 0 Å². The largest absolute Gasteiger partial charge is 0.331 e. The Balaban J connectivity index is 1.82. The van der Waals surface area contributed by atoms with Crippen molar-refractivity contribution in [3.8, 4) is 0 Å². The van der Waals surface area contributed by atoms with Crippen molar-refractivity contribution in [3.63, 3.8) is 0 Å². The summed E-state index contributed by atoms with van der Waals surface area (Å²) in [6.45, 7) is 3.13. The Kier molecular flexibility index (Phi) is 5.06. The van der Waals surface area contributed by atoms with Crippen molar-refractivity contribution in [1.82, 2.24) is 20.2 Å². The van der Waals surface area contributed by atoms with Crippen LogP contribution in [0.2, 0.25) is 0 Å². The Hall–Kier alpha value is -1.95. The van der Waals surface area contributed by atoms with E-state index in [2.05, 4.69) is 22.2 Å². The van der Waals surface area contributed by atoms with Gasteiger partial charge >= 0.3 is 6.03 Å². The summed E-state index contributed by atoms with van der Waals surface area (Å²) in [6, 6.07) is 3.70. The van der Waals surface area contributed by atoms with E-state index in [1.807, 2.05) is 18.3 Å². The SMILES string of the molecule is CCc1cnc(CNC(=O)N(C)Cc2ccncc2)s1. The highest BCUT2D eigenvalue weighted by molar-refractivity contribution is 7.11. The number of urea groups is 1. The molecule has 0 radical (unpaired) electrons. The number of hydrogen-bond donors (Lipinski definition) is 1. The van der Waals surface area contributed by atoms with Crippen LogP contribution in [0, 0.1) is 0 Å². The molecule has 0 bridgehead atoms. The average molecular weight is 290 g/mol. The van der Waals surface area contributed by atoms with Crippen LogP contribution in [0.3, 0.4) is 0 Å². The summed E-state index contributed by atoms with van der Waals surface area (Å²) in [5.41, 5.74) is 1.06. The van der Waals surface area contributed by atoms with Crippen LogP contribution in [0.5, 0.6) is 0 Å². The van der Waals surface area contributed by atoms with E-state index in [1.54, 1.807) is 35.7 Å². The molecule has 2 aromatic rings. The van der Waals surface area contributed by atoms with E-state index in [0.29, 0.717) is 13.1 Å². The lowest BCUT2D eigenvalue weighted by molar-refractivity contribution is 0.206. The second-order valence-electron chi connectivity index (χ2n) is 4.44. The zero-order chi connectivity index (χ0) is 14.4. The second-order valence-corrected chi connectivity index (χ2v) is 5.64. The summed E-state index contributed by atoms with van der Waals surface area (Å²) in [5.74, 6) is 0. The molecule has 20 heavy (non-hydrogen) atoms. The number of aryl methyl sites for hydroxylation is 1. The van der Waals surface area contributed by atoms with Crippen molar-refractivity contribution >= 4 is 17.4 Å². The van der Waals surface area contributed by atoms with Gasteiger partial charge in [0.05, 0.1) is 6.54 Å². The molecule has 0 saturated heterocycles. The number of pyridine rings is 1. The molecule has 0 aliphatic heterocycles. The van der Waals surface area contributed by atoms with Gasteiger partial charge in [0.25, 0.3) is 0 Å². The number of thiazole rings is 1. The van der Waals surface area contributed by atoms with Gasteiger partial charge < -0.3 is 10.2 Å². The van der Waals surface area contributed by atoms with Crippen molar-refractivity contribution < 1.29 is 4.79 Å². The van der Waals surface area contributed by atoms with Gasteiger partial charge in [-0.15, -0.1) is 11.3 Å². The van der Waals surface area contributed by atoms with Crippen LogP contribution in [-0.2, 0) is 19.5 Å². The molecule has 2 amide bonds.